The molecule has 1 aliphatic heterocycles. The van der Waals surface area contributed by atoms with E-state index in [1.807, 2.05) is 0 Å². The monoisotopic (exact) mass is 397 g/mol. The Hall–Kier alpha value is -0.960. The highest BCUT2D eigenvalue weighted by Gasteiger charge is 2.41. The summed E-state index contributed by atoms with van der Waals surface area (Å²) < 4.78 is 91.6. The van der Waals surface area contributed by atoms with Gasteiger partial charge in [0, 0.05) is 12.5 Å². The molecule has 24 heavy (non-hydrogen) atoms. The molecule has 0 aliphatic carbocycles. The van der Waals surface area contributed by atoms with E-state index in [0.717, 1.165) is 0 Å². The van der Waals surface area contributed by atoms with Gasteiger partial charge in [0.05, 0.1) is 25.9 Å². The second kappa shape index (κ2) is 7.51. The minimum absolute atomic E-state index is 0.111. The Bertz CT molecular complexity index is 660. The molecule has 0 saturated carbocycles. The summed E-state index contributed by atoms with van der Waals surface area (Å²) in [6.45, 7) is 2.67. The minimum atomic E-state index is -6.25. The van der Waals surface area contributed by atoms with Gasteiger partial charge in [-0.2, -0.15) is 13.2 Å². The Kier molecular flexibility index (Phi) is 6.60. The normalized spacial score (nSPS) is 20.4. The van der Waals surface area contributed by atoms with Gasteiger partial charge in [0.25, 0.3) is 0 Å². The first-order valence-electron chi connectivity index (χ1n) is 6.60. The van der Waals surface area contributed by atoms with Crippen LogP contribution in [0.5, 0.6) is 0 Å². The van der Waals surface area contributed by atoms with E-state index in [1.54, 1.807) is 18.0 Å². The van der Waals surface area contributed by atoms with Crippen molar-refractivity contribution in [2.45, 2.75) is 25.4 Å². The zero-order valence-corrected chi connectivity index (χ0v) is 14.3. The first-order valence-corrected chi connectivity index (χ1v) is 9.40. The minimum Gasteiger partial charge on any atom is -0.404 e. The predicted octanol–water partition coefficient (Wildman–Crippen LogP) is 0.355. The molecule has 142 valence electrons. The van der Waals surface area contributed by atoms with Crippen molar-refractivity contribution in [3.63, 3.8) is 0 Å². The number of morpholine rings is 1. The van der Waals surface area contributed by atoms with Gasteiger partial charge in [-0.05, 0) is 0 Å². The molecule has 0 spiro atoms. The van der Waals surface area contributed by atoms with Crippen LogP contribution in [0.2, 0.25) is 0 Å². The second-order valence-electron chi connectivity index (χ2n) is 5.12. The maximum absolute atomic E-state index is 12.1. The van der Waals surface area contributed by atoms with Crippen LogP contribution in [0.4, 0.5) is 13.2 Å². The van der Waals surface area contributed by atoms with Crippen LogP contribution < -0.4 is 0 Å². The molecule has 0 aromatic carbocycles. The fourth-order valence-corrected chi connectivity index (χ4v) is 3.56. The third-order valence-electron chi connectivity index (χ3n) is 2.90. The molecule has 0 bridgehead atoms. The standard InChI is InChI=1S/C10H16F3N2O7S2/c1-7(2)9(16)15-3-4-21-5-8(15)6-22-24(19,20)14-23(17,18)10(11,12)13/h7-8H,3-6H2,1-2H3/q-1. The number of sulfonamides is 1. The van der Waals surface area contributed by atoms with E-state index in [9.17, 15) is 34.8 Å². The van der Waals surface area contributed by atoms with Crippen molar-refractivity contribution in [3.8, 4) is 0 Å². The van der Waals surface area contributed by atoms with Crippen molar-refractivity contribution in [2.75, 3.05) is 26.4 Å². The molecule has 1 fully saturated rings. The number of amides is 1. The summed E-state index contributed by atoms with van der Waals surface area (Å²) in [5.41, 5.74) is -5.86. The van der Waals surface area contributed by atoms with Gasteiger partial charge in [0.2, 0.25) is 16.2 Å². The van der Waals surface area contributed by atoms with Crippen LogP contribution in [0.15, 0.2) is 0 Å². The third kappa shape index (κ3) is 5.54. The lowest BCUT2D eigenvalue weighted by Gasteiger charge is -2.36. The Morgan fingerprint density at radius 1 is 1.33 bits per heavy atom. The van der Waals surface area contributed by atoms with Crippen molar-refractivity contribution in [2.24, 2.45) is 5.92 Å². The number of carbonyl (C=O) groups is 1. The third-order valence-corrected chi connectivity index (χ3v) is 5.43. The number of ether oxygens (including phenoxy) is 1. The molecule has 9 nitrogen and oxygen atoms in total. The Morgan fingerprint density at radius 2 is 1.92 bits per heavy atom. The molecular weight excluding hydrogens is 381 g/mol. The van der Waals surface area contributed by atoms with Gasteiger partial charge in [-0.3, -0.25) is 8.98 Å². The van der Waals surface area contributed by atoms with Crippen LogP contribution in [-0.2, 0) is 34.0 Å². The van der Waals surface area contributed by atoms with Crippen molar-refractivity contribution >= 4 is 26.2 Å². The number of rotatable bonds is 6. The molecule has 1 heterocycles. The van der Waals surface area contributed by atoms with E-state index in [0.29, 0.717) is 0 Å². The Labute approximate surface area is 137 Å². The van der Waals surface area contributed by atoms with Gasteiger partial charge in [0.1, 0.15) is 0 Å². The molecule has 1 rings (SSSR count). The Morgan fingerprint density at radius 3 is 2.42 bits per heavy atom. The van der Waals surface area contributed by atoms with E-state index in [-0.39, 0.29) is 25.7 Å². The fraction of sp³-hybridized carbons (Fsp3) is 0.900. The SMILES string of the molecule is CC(C)C(=O)N1CCOCC1COS(=O)(=O)[N-]S(=O)(=O)C(F)(F)F. The van der Waals surface area contributed by atoms with E-state index in [4.69, 9.17) is 4.74 Å². The van der Waals surface area contributed by atoms with E-state index < -0.39 is 44.4 Å². The summed E-state index contributed by atoms with van der Waals surface area (Å²) in [7, 11) is -11.6. The number of hydrogen-bond donors (Lipinski definition) is 0. The number of hydrogen-bond acceptors (Lipinski definition) is 7. The van der Waals surface area contributed by atoms with Gasteiger partial charge in [-0.25, -0.2) is 16.8 Å². The highest BCUT2D eigenvalue weighted by Crippen LogP contribution is 2.30. The van der Waals surface area contributed by atoms with Crippen LogP contribution in [0.3, 0.4) is 0 Å². The quantitative estimate of drug-likeness (QED) is 0.634. The van der Waals surface area contributed by atoms with E-state index >= 15 is 0 Å². The molecule has 1 unspecified atom stereocenters. The van der Waals surface area contributed by atoms with Crippen LogP contribution in [0.25, 0.3) is 4.13 Å². The molecule has 14 heteroatoms. The summed E-state index contributed by atoms with van der Waals surface area (Å²) >= 11 is 0. The zero-order valence-electron chi connectivity index (χ0n) is 12.7. The van der Waals surface area contributed by atoms with E-state index in [2.05, 4.69) is 4.18 Å². The molecule has 1 amide bonds. The lowest BCUT2D eigenvalue weighted by molar-refractivity contribution is -0.144. The van der Waals surface area contributed by atoms with Crippen molar-refractivity contribution in [3.05, 3.63) is 4.13 Å². The fourth-order valence-electron chi connectivity index (χ4n) is 1.76. The highest BCUT2D eigenvalue weighted by atomic mass is 32.3. The lowest BCUT2D eigenvalue weighted by Crippen LogP contribution is -2.52. The van der Waals surface area contributed by atoms with Crippen molar-refractivity contribution < 1.29 is 43.7 Å². The highest BCUT2D eigenvalue weighted by molar-refractivity contribution is 8.10. The van der Waals surface area contributed by atoms with Gasteiger partial charge < -0.3 is 13.8 Å². The summed E-state index contributed by atoms with van der Waals surface area (Å²) in [5, 5.41) is 0. The maximum Gasteiger partial charge on any atom is 0.480 e. The zero-order chi connectivity index (χ0) is 18.8. The number of carbonyl (C=O) groups excluding carboxylic acids is 1. The molecular formula is C10H16F3N2O7S2-. The Balaban J connectivity index is 2.77. The summed E-state index contributed by atoms with van der Waals surface area (Å²) in [4.78, 5) is 13.3. The van der Waals surface area contributed by atoms with Crippen LogP contribution in [-0.4, -0.2) is 65.6 Å². The van der Waals surface area contributed by atoms with Crippen molar-refractivity contribution in [1.29, 1.82) is 0 Å². The molecule has 0 aromatic heterocycles. The number of alkyl halides is 3. The first kappa shape index (κ1) is 21.1. The van der Waals surface area contributed by atoms with Crippen LogP contribution >= 0.6 is 0 Å². The predicted molar refractivity (Wildman–Crippen MR) is 74.4 cm³/mol. The first-order chi connectivity index (χ1) is 10.8. The van der Waals surface area contributed by atoms with Crippen molar-refractivity contribution in [1.82, 2.24) is 4.90 Å². The smallest absolute Gasteiger partial charge is 0.404 e. The van der Waals surface area contributed by atoms with Gasteiger partial charge in [-0.1, -0.05) is 13.8 Å². The van der Waals surface area contributed by atoms with E-state index in [1.165, 1.54) is 4.90 Å². The summed E-state index contributed by atoms with van der Waals surface area (Å²) in [5.74, 6) is -0.735. The molecule has 1 aliphatic rings. The van der Waals surface area contributed by atoms with Crippen LogP contribution in [0, 0.1) is 5.92 Å². The summed E-state index contributed by atoms with van der Waals surface area (Å²) in [6, 6.07) is -0.896. The molecule has 1 atom stereocenters. The van der Waals surface area contributed by atoms with Gasteiger partial charge in [-0.15, -0.1) is 0 Å². The molecule has 0 N–H and O–H groups in total. The van der Waals surface area contributed by atoms with Crippen LogP contribution in [0.1, 0.15) is 13.8 Å². The molecule has 1 saturated heterocycles. The molecule has 0 aromatic rings. The average molecular weight is 397 g/mol. The number of nitrogens with zero attached hydrogens (tertiary/aromatic N) is 2. The second-order valence-corrected chi connectivity index (χ2v) is 8.22. The average Bonchev–Trinajstić information content (AvgIpc) is 2.42. The maximum atomic E-state index is 12.1. The largest absolute Gasteiger partial charge is 0.480 e. The topological polar surface area (TPSA) is 121 Å². The number of halogens is 3. The summed E-state index contributed by atoms with van der Waals surface area (Å²) in [6.07, 6.45) is 0. The van der Waals surface area contributed by atoms with Gasteiger partial charge in [0.15, 0.2) is 10.0 Å². The molecule has 0 radical (unpaired) electrons. The lowest BCUT2D eigenvalue weighted by atomic mass is 10.1. The van der Waals surface area contributed by atoms with Gasteiger partial charge >= 0.3 is 5.51 Å².